The molecule has 0 heterocycles. The van der Waals surface area contributed by atoms with Gasteiger partial charge in [-0.1, -0.05) is 24.3 Å². The van der Waals surface area contributed by atoms with Gasteiger partial charge >= 0.3 is 5.97 Å². The van der Waals surface area contributed by atoms with Crippen molar-refractivity contribution in [2.45, 2.75) is 6.42 Å². The highest BCUT2D eigenvalue weighted by Gasteiger charge is 2.29. The van der Waals surface area contributed by atoms with Crippen LogP contribution in [0.4, 0.5) is 0 Å². The van der Waals surface area contributed by atoms with Crippen LogP contribution in [0.25, 0.3) is 0 Å². The maximum absolute atomic E-state index is 12.6. The first-order valence-corrected chi connectivity index (χ1v) is 7.31. The zero-order valence-corrected chi connectivity index (χ0v) is 12.5. The summed E-state index contributed by atoms with van der Waals surface area (Å²) in [6, 6.07) is 10.8. The number of ketones is 2. The molecule has 6 heteroatoms. The van der Waals surface area contributed by atoms with Gasteiger partial charge in [-0.05, 0) is 18.2 Å². The van der Waals surface area contributed by atoms with Crippen LogP contribution in [0.1, 0.15) is 48.6 Å². The topological polar surface area (TPSA) is 101 Å². The Labute approximate surface area is 137 Å². The number of carboxylic acid groups (broad SMARTS) is 1. The predicted octanol–water partition coefficient (Wildman–Crippen LogP) is 1.67. The summed E-state index contributed by atoms with van der Waals surface area (Å²) >= 11 is 0. The van der Waals surface area contributed by atoms with Crippen LogP contribution in [0.15, 0.2) is 42.5 Å². The van der Waals surface area contributed by atoms with Crippen molar-refractivity contribution in [3.05, 3.63) is 70.3 Å². The average Bonchev–Trinajstić information content (AvgIpc) is 2.59. The van der Waals surface area contributed by atoms with Crippen molar-refractivity contribution in [3.63, 3.8) is 0 Å². The summed E-state index contributed by atoms with van der Waals surface area (Å²) in [7, 11) is 0. The molecule has 24 heavy (non-hydrogen) atoms. The van der Waals surface area contributed by atoms with Crippen LogP contribution in [0.3, 0.4) is 0 Å². The van der Waals surface area contributed by atoms with Gasteiger partial charge in [-0.2, -0.15) is 0 Å². The second kappa shape index (κ2) is 6.08. The SMILES string of the molecule is O=C(O)CCNC(=O)c1ccc2c(c1)C(=O)c1ccccc1C2=O. The fourth-order valence-corrected chi connectivity index (χ4v) is 2.63. The molecule has 2 N–H and O–H groups in total. The van der Waals surface area contributed by atoms with Crippen molar-refractivity contribution in [1.82, 2.24) is 5.32 Å². The van der Waals surface area contributed by atoms with E-state index in [1.165, 1.54) is 18.2 Å². The number of hydrogen-bond acceptors (Lipinski definition) is 4. The molecule has 0 bridgehead atoms. The van der Waals surface area contributed by atoms with Gasteiger partial charge in [0, 0.05) is 34.4 Å². The summed E-state index contributed by atoms with van der Waals surface area (Å²) in [6.45, 7) is -0.0129. The van der Waals surface area contributed by atoms with E-state index in [0.717, 1.165) is 0 Å². The molecule has 0 radical (unpaired) electrons. The first kappa shape index (κ1) is 15.6. The van der Waals surface area contributed by atoms with E-state index in [-0.39, 0.29) is 41.2 Å². The Kier molecular flexibility index (Phi) is 3.95. The monoisotopic (exact) mass is 323 g/mol. The first-order valence-electron chi connectivity index (χ1n) is 7.31. The van der Waals surface area contributed by atoms with Gasteiger partial charge in [0.15, 0.2) is 11.6 Å². The summed E-state index contributed by atoms with van der Waals surface area (Å²) < 4.78 is 0. The van der Waals surface area contributed by atoms with E-state index in [1.807, 2.05) is 0 Å². The highest BCUT2D eigenvalue weighted by Crippen LogP contribution is 2.27. The number of carbonyl (C=O) groups is 4. The van der Waals surface area contributed by atoms with Crippen molar-refractivity contribution in [3.8, 4) is 0 Å². The maximum atomic E-state index is 12.6. The number of benzene rings is 2. The standard InChI is InChI=1S/C18H13NO5/c20-15(21)7-8-19-18(24)10-5-6-13-14(9-10)17(23)12-4-2-1-3-11(12)16(13)22/h1-6,9H,7-8H2,(H,19,24)(H,20,21). The van der Waals surface area contributed by atoms with E-state index in [2.05, 4.69) is 5.32 Å². The Hall–Kier alpha value is -3.28. The van der Waals surface area contributed by atoms with Crippen LogP contribution in [0, 0.1) is 0 Å². The second-order valence-electron chi connectivity index (χ2n) is 5.36. The summed E-state index contributed by atoms with van der Waals surface area (Å²) in [5.74, 6) is -2.06. The zero-order valence-electron chi connectivity index (χ0n) is 12.5. The number of hydrogen-bond donors (Lipinski definition) is 2. The molecule has 0 atom stereocenters. The quantitative estimate of drug-likeness (QED) is 0.760. The molecule has 1 aliphatic carbocycles. The molecule has 0 aromatic heterocycles. The third-order valence-electron chi connectivity index (χ3n) is 3.81. The highest BCUT2D eigenvalue weighted by molar-refractivity contribution is 6.28. The molecule has 0 fully saturated rings. The molecule has 0 saturated carbocycles. The largest absolute Gasteiger partial charge is 0.481 e. The lowest BCUT2D eigenvalue weighted by Crippen LogP contribution is -2.27. The molecule has 1 amide bonds. The Morgan fingerprint density at radius 3 is 2.08 bits per heavy atom. The van der Waals surface area contributed by atoms with Gasteiger partial charge in [0.2, 0.25) is 0 Å². The fourth-order valence-electron chi connectivity index (χ4n) is 2.63. The number of carboxylic acids is 1. The molecule has 120 valence electrons. The molecule has 0 aliphatic heterocycles. The van der Waals surface area contributed by atoms with Crippen molar-refractivity contribution < 1.29 is 24.3 Å². The van der Waals surface area contributed by atoms with Crippen molar-refractivity contribution in [1.29, 1.82) is 0 Å². The van der Waals surface area contributed by atoms with Crippen LogP contribution in [-0.2, 0) is 4.79 Å². The van der Waals surface area contributed by atoms with Crippen LogP contribution >= 0.6 is 0 Å². The fraction of sp³-hybridized carbons (Fsp3) is 0.111. The average molecular weight is 323 g/mol. The summed E-state index contributed by atoms with van der Waals surface area (Å²) in [5.41, 5.74) is 1.33. The van der Waals surface area contributed by atoms with Gasteiger partial charge in [-0.3, -0.25) is 19.2 Å². The molecule has 0 spiro atoms. The van der Waals surface area contributed by atoms with Gasteiger partial charge in [-0.15, -0.1) is 0 Å². The zero-order chi connectivity index (χ0) is 17.3. The van der Waals surface area contributed by atoms with Crippen molar-refractivity contribution >= 4 is 23.4 Å². The number of rotatable bonds is 4. The highest BCUT2D eigenvalue weighted by atomic mass is 16.4. The molecule has 0 unspecified atom stereocenters. The first-order chi connectivity index (χ1) is 11.5. The van der Waals surface area contributed by atoms with E-state index in [1.54, 1.807) is 24.3 Å². The molecular formula is C18H13NO5. The number of aliphatic carboxylic acids is 1. The third kappa shape index (κ3) is 2.69. The van der Waals surface area contributed by atoms with Crippen molar-refractivity contribution in [2.24, 2.45) is 0 Å². The molecule has 1 aliphatic rings. The predicted molar refractivity (Wildman–Crippen MR) is 84.3 cm³/mol. The maximum Gasteiger partial charge on any atom is 0.305 e. The minimum atomic E-state index is -1.02. The van der Waals surface area contributed by atoms with E-state index in [0.29, 0.717) is 11.1 Å². The second-order valence-corrected chi connectivity index (χ2v) is 5.36. The molecule has 2 aromatic rings. The molecule has 6 nitrogen and oxygen atoms in total. The Morgan fingerprint density at radius 1 is 0.875 bits per heavy atom. The van der Waals surface area contributed by atoms with Crippen molar-refractivity contribution in [2.75, 3.05) is 6.54 Å². The van der Waals surface area contributed by atoms with Crippen LogP contribution in [0.2, 0.25) is 0 Å². The Balaban J connectivity index is 1.91. The normalized spacial score (nSPS) is 12.3. The van der Waals surface area contributed by atoms with E-state index in [4.69, 9.17) is 5.11 Å². The lowest BCUT2D eigenvalue weighted by Gasteiger charge is -2.17. The Bertz CT molecular complexity index is 885. The van der Waals surface area contributed by atoms with Crippen LogP contribution in [0.5, 0.6) is 0 Å². The van der Waals surface area contributed by atoms with Gasteiger partial charge in [-0.25, -0.2) is 0 Å². The lowest BCUT2D eigenvalue weighted by atomic mass is 9.83. The summed E-state index contributed by atoms with van der Waals surface area (Å²) in [5, 5.41) is 11.0. The van der Waals surface area contributed by atoms with Gasteiger partial charge < -0.3 is 10.4 Å². The third-order valence-corrected chi connectivity index (χ3v) is 3.81. The minimum absolute atomic E-state index is 0.0129. The number of carbonyl (C=O) groups excluding carboxylic acids is 3. The van der Waals surface area contributed by atoms with Gasteiger partial charge in [0.05, 0.1) is 6.42 Å². The van der Waals surface area contributed by atoms with Gasteiger partial charge in [0.25, 0.3) is 5.91 Å². The smallest absolute Gasteiger partial charge is 0.305 e. The molecule has 0 saturated heterocycles. The van der Waals surface area contributed by atoms with Crippen LogP contribution in [-0.4, -0.2) is 35.1 Å². The molecule has 2 aromatic carbocycles. The number of amides is 1. The number of nitrogens with one attached hydrogen (secondary N) is 1. The van der Waals surface area contributed by atoms with E-state index < -0.39 is 11.9 Å². The summed E-state index contributed by atoms with van der Waals surface area (Å²) in [4.78, 5) is 47.6. The van der Waals surface area contributed by atoms with Crippen LogP contribution < -0.4 is 5.32 Å². The summed E-state index contributed by atoms with van der Waals surface area (Å²) in [6.07, 6.45) is -0.193. The van der Waals surface area contributed by atoms with Gasteiger partial charge in [0.1, 0.15) is 0 Å². The van der Waals surface area contributed by atoms with E-state index in [9.17, 15) is 19.2 Å². The Morgan fingerprint density at radius 2 is 1.46 bits per heavy atom. The molecule has 3 rings (SSSR count). The minimum Gasteiger partial charge on any atom is -0.481 e. The molecular weight excluding hydrogens is 310 g/mol. The lowest BCUT2D eigenvalue weighted by molar-refractivity contribution is -0.136. The number of fused-ring (bicyclic) bond motifs is 2. The van der Waals surface area contributed by atoms with E-state index >= 15 is 0 Å².